The number of hydrogen-bond donors (Lipinski definition) is 1. The van der Waals surface area contributed by atoms with Crippen molar-refractivity contribution in [3.63, 3.8) is 0 Å². The van der Waals surface area contributed by atoms with Crippen LogP contribution in [0.5, 0.6) is 0 Å². The molecule has 4 nitrogen and oxygen atoms in total. The fourth-order valence-corrected chi connectivity index (χ4v) is 2.59. The second kappa shape index (κ2) is 4.75. The number of benzene rings is 2. The van der Waals surface area contributed by atoms with Gasteiger partial charge in [-0.2, -0.15) is 0 Å². The van der Waals surface area contributed by atoms with E-state index >= 15 is 0 Å². The Morgan fingerprint density at radius 2 is 1.81 bits per heavy atom. The smallest absolute Gasteiger partial charge is 0.337 e. The zero-order valence-corrected chi connectivity index (χ0v) is 11.6. The Labute approximate surface area is 125 Å². The van der Waals surface area contributed by atoms with Gasteiger partial charge in [-0.3, -0.25) is 9.69 Å². The number of anilines is 1. The average Bonchev–Trinajstić information content (AvgIpc) is 2.72. The minimum Gasteiger partial charge on any atom is -0.478 e. The van der Waals surface area contributed by atoms with Gasteiger partial charge in [0.2, 0.25) is 0 Å². The van der Waals surface area contributed by atoms with Crippen LogP contribution in [-0.2, 0) is 0 Å². The van der Waals surface area contributed by atoms with E-state index in [9.17, 15) is 14.7 Å². The molecule has 0 unspecified atom stereocenters. The minimum atomic E-state index is -1.15. The third-order valence-electron chi connectivity index (χ3n) is 3.37. The monoisotopic (exact) mass is 299 g/mol. The molecule has 1 aliphatic rings. The standard InChI is InChI=1S/C16H10ClNO3/c1-9-11-4-2-3-5-12(11)15(19)18(9)14-7-6-10(17)8-13(14)16(20)21/h2-8H,1H2,(H,20,21). The first-order valence-corrected chi connectivity index (χ1v) is 6.54. The van der Waals surface area contributed by atoms with E-state index in [1.165, 1.54) is 17.0 Å². The predicted molar refractivity (Wildman–Crippen MR) is 80.7 cm³/mol. The van der Waals surface area contributed by atoms with Crippen LogP contribution in [-0.4, -0.2) is 17.0 Å². The third kappa shape index (κ3) is 2.00. The van der Waals surface area contributed by atoms with Crippen molar-refractivity contribution in [1.82, 2.24) is 0 Å². The van der Waals surface area contributed by atoms with E-state index in [0.29, 0.717) is 21.8 Å². The van der Waals surface area contributed by atoms with Crippen LogP contribution in [0.4, 0.5) is 5.69 Å². The topological polar surface area (TPSA) is 57.6 Å². The molecule has 0 saturated carbocycles. The Hall–Kier alpha value is -2.59. The van der Waals surface area contributed by atoms with Crippen LogP contribution in [0, 0.1) is 0 Å². The maximum Gasteiger partial charge on any atom is 0.337 e. The zero-order chi connectivity index (χ0) is 15.1. The number of aromatic carboxylic acids is 1. The molecule has 0 spiro atoms. The zero-order valence-electron chi connectivity index (χ0n) is 10.8. The number of carbonyl (C=O) groups is 2. The lowest BCUT2D eigenvalue weighted by molar-refractivity contribution is 0.0698. The number of fused-ring (bicyclic) bond motifs is 1. The van der Waals surface area contributed by atoms with Crippen LogP contribution in [0.1, 0.15) is 26.3 Å². The van der Waals surface area contributed by atoms with Crippen molar-refractivity contribution in [3.8, 4) is 0 Å². The summed E-state index contributed by atoms with van der Waals surface area (Å²) >= 11 is 5.84. The number of carbonyl (C=O) groups excluding carboxylic acids is 1. The Bertz CT molecular complexity index is 763. The van der Waals surface area contributed by atoms with Crippen molar-refractivity contribution in [2.45, 2.75) is 0 Å². The molecule has 1 heterocycles. The molecule has 21 heavy (non-hydrogen) atoms. The molecule has 0 atom stereocenters. The van der Waals surface area contributed by atoms with Crippen molar-refractivity contribution in [3.05, 3.63) is 70.8 Å². The number of rotatable bonds is 2. The summed E-state index contributed by atoms with van der Waals surface area (Å²) in [5.41, 5.74) is 1.89. The fraction of sp³-hybridized carbons (Fsp3) is 0. The summed E-state index contributed by atoms with van der Waals surface area (Å²) in [5.74, 6) is -1.44. The molecule has 0 aliphatic carbocycles. The minimum absolute atomic E-state index is 0.0372. The predicted octanol–water partition coefficient (Wildman–Crippen LogP) is 3.67. The highest BCUT2D eigenvalue weighted by atomic mass is 35.5. The van der Waals surface area contributed by atoms with E-state index in [4.69, 9.17) is 11.6 Å². The number of halogens is 1. The van der Waals surface area contributed by atoms with Crippen LogP contribution in [0.25, 0.3) is 5.70 Å². The van der Waals surface area contributed by atoms with Crippen molar-refractivity contribution < 1.29 is 14.7 Å². The summed E-state index contributed by atoms with van der Waals surface area (Å²) in [6, 6.07) is 11.4. The van der Waals surface area contributed by atoms with E-state index in [0.717, 1.165) is 0 Å². The SMILES string of the molecule is C=C1c2ccccc2C(=O)N1c1ccc(Cl)cc1C(=O)O. The number of nitrogens with zero attached hydrogens (tertiary/aromatic N) is 1. The van der Waals surface area contributed by atoms with Crippen molar-refractivity contribution in [1.29, 1.82) is 0 Å². The lowest BCUT2D eigenvalue weighted by Gasteiger charge is -2.19. The Morgan fingerprint density at radius 1 is 1.14 bits per heavy atom. The second-order valence-electron chi connectivity index (χ2n) is 4.60. The van der Waals surface area contributed by atoms with Gasteiger partial charge in [-0.1, -0.05) is 36.4 Å². The number of carboxylic acid groups (broad SMARTS) is 1. The van der Waals surface area contributed by atoms with Crippen LogP contribution in [0.2, 0.25) is 5.02 Å². The van der Waals surface area contributed by atoms with E-state index in [2.05, 4.69) is 6.58 Å². The highest BCUT2D eigenvalue weighted by Crippen LogP contribution is 2.37. The lowest BCUT2D eigenvalue weighted by atomic mass is 10.1. The Kier molecular flexibility index (Phi) is 3.03. The highest BCUT2D eigenvalue weighted by molar-refractivity contribution is 6.31. The summed E-state index contributed by atoms with van der Waals surface area (Å²) in [7, 11) is 0. The van der Waals surface area contributed by atoms with Crippen LogP contribution < -0.4 is 4.90 Å². The van der Waals surface area contributed by atoms with Gasteiger partial charge >= 0.3 is 5.97 Å². The summed E-state index contributed by atoms with van der Waals surface area (Å²) in [6.45, 7) is 3.91. The molecule has 1 N–H and O–H groups in total. The van der Waals surface area contributed by atoms with Gasteiger partial charge in [0.25, 0.3) is 5.91 Å². The fourth-order valence-electron chi connectivity index (χ4n) is 2.41. The van der Waals surface area contributed by atoms with E-state index < -0.39 is 5.97 Å². The number of hydrogen-bond acceptors (Lipinski definition) is 2. The van der Waals surface area contributed by atoms with E-state index in [1.54, 1.807) is 30.3 Å². The first-order valence-electron chi connectivity index (χ1n) is 6.16. The van der Waals surface area contributed by atoms with Gasteiger partial charge in [-0.15, -0.1) is 0 Å². The molecule has 0 saturated heterocycles. The molecule has 0 aromatic heterocycles. The largest absolute Gasteiger partial charge is 0.478 e. The van der Waals surface area contributed by atoms with Gasteiger partial charge in [-0.05, 0) is 24.3 Å². The van der Waals surface area contributed by atoms with Gasteiger partial charge in [0, 0.05) is 16.1 Å². The number of amides is 1. The van der Waals surface area contributed by atoms with Crippen molar-refractivity contribution >= 4 is 34.9 Å². The van der Waals surface area contributed by atoms with Crippen LogP contribution >= 0.6 is 11.6 Å². The molecule has 0 fully saturated rings. The average molecular weight is 300 g/mol. The third-order valence-corrected chi connectivity index (χ3v) is 3.61. The van der Waals surface area contributed by atoms with Gasteiger partial charge in [0.1, 0.15) is 0 Å². The molecule has 104 valence electrons. The molecular weight excluding hydrogens is 290 g/mol. The maximum atomic E-state index is 12.5. The highest BCUT2D eigenvalue weighted by Gasteiger charge is 2.33. The first-order chi connectivity index (χ1) is 10.0. The Morgan fingerprint density at radius 3 is 2.43 bits per heavy atom. The molecule has 1 amide bonds. The molecule has 2 aromatic carbocycles. The van der Waals surface area contributed by atoms with Crippen LogP contribution in [0.15, 0.2) is 49.0 Å². The number of carboxylic acids is 1. The summed E-state index contributed by atoms with van der Waals surface area (Å²) in [6.07, 6.45) is 0. The first kappa shape index (κ1) is 13.4. The molecular formula is C16H10ClNO3. The summed E-state index contributed by atoms with van der Waals surface area (Å²) in [5, 5.41) is 9.61. The molecule has 5 heteroatoms. The van der Waals surface area contributed by atoms with Crippen molar-refractivity contribution in [2.75, 3.05) is 4.90 Å². The molecule has 0 bridgehead atoms. The maximum absolute atomic E-state index is 12.5. The summed E-state index contributed by atoms with van der Waals surface area (Å²) in [4.78, 5) is 25.2. The quantitative estimate of drug-likeness (QED) is 0.920. The van der Waals surface area contributed by atoms with Gasteiger partial charge in [0.15, 0.2) is 0 Å². The molecule has 2 aromatic rings. The molecule has 1 aliphatic heterocycles. The second-order valence-corrected chi connectivity index (χ2v) is 5.04. The van der Waals surface area contributed by atoms with Crippen molar-refractivity contribution in [2.24, 2.45) is 0 Å². The van der Waals surface area contributed by atoms with Gasteiger partial charge in [-0.25, -0.2) is 4.79 Å². The van der Waals surface area contributed by atoms with Crippen LogP contribution in [0.3, 0.4) is 0 Å². The lowest BCUT2D eigenvalue weighted by Crippen LogP contribution is -2.24. The molecule has 3 rings (SSSR count). The summed E-state index contributed by atoms with van der Waals surface area (Å²) < 4.78 is 0. The van der Waals surface area contributed by atoms with Gasteiger partial charge < -0.3 is 5.11 Å². The van der Waals surface area contributed by atoms with E-state index in [-0.39, 0.29) is 17.2 Å². The Balaban J connectivity index is 2.18. The molecule has 0 radical (unpaired) electrons. The van der Waals surface area contributed by atoms with E-state index in [1.807, 2.05) is 0 Å². The van der Waals surface area contributed by atoms with Gasteiger partial charge in [0.05, 0.1) is 16.9 Å². The normalized spacial score (nSPS) is 13.5.